The minimum absolute atomic E-state index is 0.0564. The molecule has 1 rings (SSSR count). The van der Waals surface area contributed by atoms with Crippen LogP contribution < -0.4 is 5.73 Å². The van der Waals surface area contributed by atoms with E-state index < -0.39 is 18.2 Å². The van der Waals surface area contributed by atoms with Gasteiger partial charge in [-0.05, 0) is 17.7 Å². The number of carboxylic acid groups (broad SMARTS) is 1. The molecule has 0 aliphatic carbocycles. The van der Waals surface area contributed by atoms with Gasteiger partial charge < -0.3 is 15.9 Å². The third-order valence-electron chi connectivity index (χ3n) is 2.01. The lowest BCUT2D eigenvalue weighted by atomic mass is 10.0. The highest BCUT2D eigenvalue weighted by atomic mass is 19.1. The van der Waals surface area contributed by atoms with Crippen molar-refractivity contribution in [2.45, 2.75) is 18.6 Å². The summed E-state index contributed by atoms with van der Waals surface area (Å²) in [6.07, 6.45) is -1.79. The van der Waals surface area contributed by atoms with E-state index in [1.807, 2.05) is 0 Å². The average Bonchev–Trinajstić information content (AvgIpc) is 2.17. The number of carboxylic acids is 1. The number of hydrogen-bond acceptors (Lipinski definition) is 3. The number of halogens is 1. The molecule has 0 radical (unpaired) electrons. The first-order chi connectivity index (χ1) is 7.00. The van der Waals surface area contributed by atoms with Gasteiger partial charge in [-0.1, -0.05) is 12.1 Å². The van der Waals surface area contributed by atoms with Crippen LogP contribution in [0.3, 0.4) is 0 Å². The molecule has 2 atom stereocenters. The van der Waals surface area contributed by atoms with Gasteiger partial charge in [0.05, 0.1) is 0 Å². The molecule has 0 spiro atoms. The summed E-state index contributed by atoms with van der Waals surface area (Å²) >= 11 is 0. The number of alkyl halides is 1. The number of phenols is 1. The molecule has 4 nitrogen and oxygen atoms in total. The minimum atomic E-state index is -1.48. The predicted molar refractivity (Wildman–Crippen MR) is 52.2 cm³/mol. The van der Waals surface area contributed by atoms with E-state index in [-0.39, 0.29) is 17.7 Å². The van der Waals surface area contributed by atoms with Crippen LogP contribution in [0.1, 0.15) is 18.2 Å². The normalized spacial score (nSPS) is 14.5. The lowest BCUT2D eigenvalue weighted by Gasteiger charge is -2.11. The Morgan fingerprint density at radius 3 is 2.73 bits per heavy atom. The van der Waals surface area contributed by atoms with Crippen LogP contribution in [0.4, 0.5) is 4.39 Å². The lowest BCUT2D eigenvalue weighted by molar-refractivity contribution is -0.139. The quantitative estimate of drug-likeness (QED) is 0.701. The summed E-state index contributed by atoms with van der Waals surface area (Å²) in [5.74, 6) is -1.29. The second kappa shape index (κ2) is 4.75. The molecule has 2 unspecified atom stereocenters. The van der Waals surface area contributed by atoms with Gasteiger partial charge in [-0.3, -0.25) is 4.79 Å². The van der Waals surface area contributed by atoms with Crippen LogP contribution in [0.5, 0.6) is 5.75 Å². The molecule has 0 heterocycles. The van der Waals surface area contributed by atoms with E-state index >= 15 is 0 Å². The molecule has 4 N–H and O–H groups in total. The number of benzene rings is 1. The van der Waals surface area contributed by atoms with E-state index in [1.54, 1.807) is 0 Å². The molecule has 0 aliphatic heterocycles. The number of aromatic hydroxyl groups is 1. The van der Waals surface area contributed by atoms with Gasteiger partial charge in [0.1, 0.15) is 18.0 Å². The van der Waals surface area contributed by atoms with Crippen LogP contribution in [0.2, 0.25) is 0 Å². The van der Waals surface area contributed by atoms with Crippen molar-refractivity contribution >= 4 is 5.97 Å². The summed E-state index contributed by atoms with van der Waals surface area (Å²) in [6.45, 7) is 0. The van der Waals surface area contributed by atoms with Crippen LogP contribution in [0.25, 0.3) is 0 Å². The molecule has 0 amide bonds. The Kier molecular flexibility index (Phi) is 3.62. The molecule has 0 aliphatic rings. The summed E-state index contributed by atoms with van der Waals surface area (Å²) in [4.78, 5) is 10.4. The predicted octanol–water partition coefficient (Wildman–Crippen LogP) is 1.20. The zero-order chi connectivity index (χ0) is 11.4. The van der Waals surface area contributed by atoms with Gasteiger partial charge in [0.25, 0.3) is 0 Å². The topological polar surface area (TPSA) is 83.5 Å². The molecule has 0 saturated carbocycles. The van der Waals surface area contributed by atoms with Crippen molar-refractivity contribution in [2.24, 2.45) is 5.73 Å². The largest absolute Gasteiger partial charge is 0.508 e. The fourth-order valence-electron chi connectivity index (χ4n) is 1.18. The molecule has 1 aromatic carbocycles. The number of carbonyl (C=O) groups is 1. The van der Waals surface area contributed by atoms with Crippen molar-refractivity contribution in [1.29, 1.82) is 0 Å². The molecule has 0 saturated heterocycles. The monoisotopic (exact) mass is 213 g/mol. The highest BCUT2D eigenvalue weighted by Gasteiger charge is 2.19. The number of hydrogen-bond donors (Lipinski definition) is 3. The maximum atomic E-state index is 13.5. The van der Waals surface area contributed by atoms with Gasteiger partial charge in [0, 0.05) is 6.42 Å². The SMILES string of the molecule is NC(CC(F)c1cccc(O)c1)C(=O)O. The lowest BCUT2D eigenvalue weighted by Crippen LogP contribution is -2.31. The Balaban J connectivity index is 2.68. The Bertz CT molecular complexity index is 356. The first kappa shape index (κ1) is 11.5. The second-order valence-corrected chi connectivity index (χ2v) is 3.24. The van der Waals surface area contributed by atoms with Gasteiger partial charge in [-0.2, -0.15) is 0 Å². The fourth-order valence-corrected chi connectivity index (χ4v) is 1.18. The van der Waals surface area contributed by atoms with Gasteiger partial charge in [-0.15, -0.1) is 0 Å². The molecule has 82 valence electrons. The first-order valence-electron chi connectivity index (χ1n) is 4.42. The molecular weight excluding hydrogens is 201 g/mol. The molecule has 0 bridgehead atoms. The van der Waals surface area contributed by atoms with E-state index in [2.05, 4.69) is 0 Å². The van der Waals surface area contributed by atoms with E-state index in [9.17, 15) is 9.18 Å². The van der Waals surface area contributed by atoms with E-state index in [4.69, 9.17) is 15.9 Å². The number of rotatable bonds is 4. The summed E-state index contributed by atoms with van der Waals surface area (Å²) in [5.41, 5.74) is 5.42. The molecule has 0 fully saturated rings. The summed E-state index contributed by atoms with van der Waals surface area (Å²) < 4.78 is 13.5. The number of nitrogens with two attached hydrogens (primary N) is 1. The summed E-state index contributed by atoms with van der Waals surface area (Å²) in [5, 5.41) is 17.6. The molecule has 1 aromatic rings. The van der Waals surface area contributed by atoms with Crippen LogP contribution in [-0.4, -0.2) is 22.2 Å². The maximum absolute atomic E-state index is 13.5. The van der Waals surface area contributed by atoms with Crippen molar-refractivity contribution in [2.75, 3.05) is 0 Å². The summed E-state index contributed by atoms with van der Waals surface area (Å²) in [7, 11) is 0. The van der Waals surface area contributed by atoms with Crippen LogP contribution in [-0.2, 0) is 4.79 Å². The first-order valence-corrected chi connectivity index (χ1v) is 4.42. The Morgan fingerprint density at radius 2 is 2.20 bits per heavy atom. The Labute approximate surface area is 86.1 Å². The van der Waals surface area contributed by atoms with Crippen molar-refractivity contribution in [3.8, 4) is 5.75 Å². The Hall–Kier alpha value is -1.62. The second-order valence-electron chi connectivity index (χ2n) is 3.24. The molecular formula is C10H12FNO3. The number of phenolic OH excluding ortho intramolecular Hbond substituents is 1. The zero-order valence-electron chi connectivity index (χ0n) is 7.93. The third-order valence-corrected chi connectivity index (χ3v) is 2.01. The van der Waals surface area contributed by atoms with Gasteiger partial charge in [-0.25, -0.2) is 4.39 Å². The van der Waals surface area contributed by atoms with Crippen molar-refractivity contribution in [3.63, 3.8) is 0 Å². The molecule has 15 heavy (non-hydrogen) atoms. The van der Waals surface area contributed by atoms with Gasteiger partial charge in [0.15, 0.2) is 0 Å². The van der Waals surface area contributed by atoms with E-state index in [1.165, 1.54) is 24.3 Å². The smallest absolute Gasteiger partial charge is 0.320 e. The standard InChI is InChI=1S/C10H12FNO3/c11-8(5-9(12)10(14)15)6-2-1-3-7(13)4-6/h1-4,8-9,13H,5,12H2,(H,14,15). The van der Waals surface area contributed by atoms with Crippen molar-refractivity contribution < 1.29 is 19.4 Å². The zero-order valence-corrected chi connectivity index (χ0v) is 7.93. The third kappa shape index (κ3) is 3.21. The van der Waals surface area contributed by atoms with Crippen molar-refractivity contribution in [3.05, 3.63) is 29.8 Å². The van der Waals surface area contributed by atoms with Crippen molar-refractivity contribution in [1.82, 2.24) is 0 Å². The Morgan fingerprint density at radius 1 is 1.53 bits per heavy atom. The van der Waals surface area contributed by atoms with Crippen LogP contribution in [0.15, 0.2) is 24.3 Å². The van der Waals surface area contributed by atoms with Gasteiger partial charge >= 0.3 is 5.97 Å². The highest BCUT2D eigenvalue weighted by molar-refractivity contribution is 5.73. The molecule has 0 aromatic heterocycles. The maximum Gasteiger partial charge on any atom is 0.320 e. The average molecular weight is 213 g/mol. The molecule has 5 heteroatoms. The van der Waals surface area contributed by atoms with Gasteiger partial charge in [0.2, 0.25) is 0 Å². The minimum Gasteiger partial charge on any atom is -0.508 e. The number of aliphatic carboxylic acids is 1. The fraction of sp³-hybridized carbons (Fsp3) is 0.300. The van der Waals surface area contributed by atoms with E-state index in [0.29, 0.717) is 0 Å². The van der Waals surface area contributed by atoms with Crippen LogP contribution >= 0.6 is 0 Å². The highest BCUT2D eigenvalue weighted by Crippen LogP contribution is 2.24. The summed E-state index contributed by atoms with van der Waals surface area (Å²) in [6, 6.07) is 4.39. The van der Waals surface area contributed by atoms with E-state index in [0.717, 1.165) is 0 Å². The van der Waals surface area contributed by atoms with Crippen LogP contribution in [0, 0.1) is 0 Å².